The molecule has 0 bridgehead atoms. The summed E-state index contributed by atoms with van der Waals surface area (Å²) in [6.07, 6.45) is 5.41. The summed E-state index contributed by atoms with van der Waals surface area (Å²) in [5, 5.41) is 0. The standard InChI is InChI=1S/C33H48BN3O5/c1-30(2)10-13-36(21-30)24-18-25(19-24)37-27-17-23(34-41-31(3,4)32(5,6)42-34)7-8-26(27)33(29(37)39)11-14-35(15-12-33)28(38)22-9-16-40-20-22/h7-8,17,22,24-25H,9-16,18-21H2,1-6H3/t22-,24-,25+/m0/s1. The molecule has 1 atom stereocenters. The molecule has 1 aromatic carbocycles. The molecule has 1 aliphatic carbocycles. The first-order chi connectivity index (χ1) is 19.8. The Kier molecular flexibility index (Phi) is 6.71. The van der Waals surface area contributed by atoms with E-state index in [2.05, 4.69) is 69.5 Å². The number of hydrogen-bond donors (Lipinski definition) is 0. The first kappa shape index (κ1) is 28.8. The fourth-order valence-corrected chi connectivity index (χ4v) is 8.21. The van der Waals surface area contributed by atoms with Gasteiger partial charge in [-0.05, 0) is 95.3 Å². The predicted octanol–water partition coefficient (Wildman–Crippen LogP) is 3.49. The lowest BCUT2D eigenvalue weighted by molar-refractivity contribution is -0.139. The highest BCUT2D eigenvalue weighted by Gasteiger charge is 2.57. The van der Waals surface area contributed by atoms with E-state index in [4.69, 9.17) is 14.0 Å². The van der Waals surface area contributed by atoms with E-state index in [1.165, 1.54) is 6.42 Å². The van der Waals surface area contributed by atoms with Crippen LogP contribution >= 0.6 is 0 Å². The second kappa shape index (κ2) is 9.78. The van der Waals surface area contributed by atoms with Gasteiger partial charge in [-0.3, -0.25) is 14.5 Å². The van der Waals surface area contributed by atoms with Crippen LogP contribution in [0.4, 0.5) is 5.69 Å². The number of carbonyl (C=O) groups is 2. The first-order valence-corrected chi connectivity index (χ1v) is 16.2. The van der Waals surface area contributed by atoms with Crippen molar-refractivity contribution in [1.29, 1.82) is 0 Å². The number of benzene rings is 1. The lowest BCUT2D eigenvalue weighted by Gasteiger charge is -2.46. The largest absolute Gasteiger partial charge is 0.494 e. The van der Waals surface area contributed by atoms with Gasteiger partial charge < -0.3 is 23.8 Å². The van der Waals surface area contributed by atoms with Crippen molar-refractivity contribution >= 4 is 30.1 Å². The second-order valence-electron chi connectivity index (χ2n) is 15.7. The Labute approximate surface area is 251 Å². The van der Waals surface area contributed by atoms with E-state index in [1.54, 1.807) is 0 Å². The molecule has 0 N–H and O–H groups in total. The number of ether oxygens (including phenoxy) is 1. The molecule has 0 aromatic heterocycles. The lowest BCUT2D eigenvalue weighted by Crippen LogP contribution is -2.58. The van der Waals surface area contributed by atoms with Crippen molar-refractivity contribution in [2.75, 3.05) is 44.3 Å². The molecule has 0 unspecified atom stereocenters. The second-order valence-corrected chi connectivity index (χ2v) is 15.7. The fourth-order valence-electron chi connectivity index (χ4n) is 8.21. The van der Waals surface area contributed by atoms with Gasteiger partial charge in [0.1, 0.15) is 0 Å². The number of amides is 2. The molecule has 1 saturated carbocycles. The molecule has 9 heteroatoms. The van der Waals surface area contributed by atoms with Crippen molar-refractivity contribution in [3.05, 3.63) is 23.8 Å². The molecule has 0 radical (unpaired) electrons. The molecule has 228 valence electrons. The lowest BCUT2D eigenvalue weighted by atomic mass is 9.71. The Morgan fingerprint density at radius 3 is 2.21 bits per heavy atom. The van der Waals surface area contributed by atoms with E-state index < -0.39 is 23.7 Å². The number of likely N-dealkylation sites (tertiary alicyclic amines) is 2. The van der Waals surface area contributed by atoms with E-state index in [1.807, 2.05) is 4.90 Å². The third-order valence-corrected chi connectivity index (χ3v) is 11.8. The van der Waals surface area contributed by atoms with Crippen LogP contribution in [0.3, 0.4) is 0 Å². The zero-order valence-electron chi connectivity index (χ0n) is 26.4. The zero-order chi connectivity index (χ0) is 29.7. The van der Waals surface area contributed by atoms with Gasteiger partial charge in [0.25, 0.3) is 0 Å². The minimum Gasteiger partial charge on any atom is -0.399 e. The quantitative estimate of drug-likeness (QED) is 0.511. The van der Waals surface area contributed by atoms with Gasteiger partial charge in [0.2, 0.25) is 11.8 Å². The molecule has 5 fully saturated rings. The highest BCUT2D eigenvalue weighted by molar-refractivity contribution is 6.62. The van der Waals surface area contributed by atoms with Crippen LogP contribution in [-0.4, -0.2) is 91.4 Å². The van der Waals surface area contributed by atoms with Crippen molar-refractivity contribution < 1.29 is 23.6 Å². The van der Waals surface area contributed by atoms with Crippen LogP contribution in [0.2, 0.25) is 0 Å². The van der Waals surface area contributed by atoms with Crippen LogP contribution in [0.5, 0.6) is 0 Å². The number of fused-ring (bicyclic) bond motifs is 2. The number of piperidine rings is 1. The average Bonchev–Trinajstić information content (AvgIpc) is 3.66. The Bertz CT molecular complexity index is 1240. The van der Waals surface area contributed by atoms with Crippen molar-refractivity contribution in [3.8, 4) is 0 Å². The topological polar surface area (TPSA) is 71.6 Å². The van der Waals surface area contributed by atoms with Crippen molar-refractivity contribution in [1.82, 2.24) is 9.80 Å². The van der Waals surface area contributed by atoms with Crippen molar-refractivity contribution in [2.45, 2.75) is 109 Å². The van der Waals surface area contributed by atoms with Crippen LogP contribution in [0.25, 0.3) is 0 Å². The highest BCUT2D eigenvalue weighted by atomic mass is 16.7. The van der Waals surface area contributed by atoms with Gasteiger partial charge in [0.15, 0.2) is 0 Å². The normalized spacial score (nSPS) is 33.0. The molecule has 5 aliphatic heterocycles. The first-order valence-electron chi connectivity index (χ1n) is 16.2. The van der Waals surface area contributed by atoms with Gasteiger partial charge in [-0.25, -0.2) is 0 Å². The smallest absolute Gasteiger partial charge is 0.399 e. The molecule has 42 heavy (non-hydrogen) atoms. The Morgan fingerprint density at radius 1 is 0.929 bits per heavy atom. The molecule has 7 rings (SSSR count). The molecule has 6 aliphatic rings. The monoisotopic (exact) mass is 577 g/mol. The number of anilines is 1. The van der Waals surface area contributed by atoms with Gasteiger partial charge in [-0.2, -0.15) is 0 Å². The summed E-state index contributed by atoms with van der Waals surface area (Å²) in [5.74, 6) is 0.383. The van der Waals surface area contributed by atoms with Gasteiger partial charge >= 0.3 is 7.12 Å². The number of rotatable bonds is 4. The van der Waals surface area contributed by atoms with Crippen molar-refractivity contribution in [3.63, 3.8) is 0 Å². The van der Waals surface area contributed by atoms with E-state index in [0.29, 0.717) is 50.6 Å². The summed E-state index contributed by atoms with van der Waals surface area (Å²) in [4.78, 5) is 34.6. The maximum Gasteiger partial charge on any atom is 0.494 e. The average molecular weight is 578 g/mol. The molecule has 8 nitrogen and oxygen atoms in total. The molecule has 1 spiro atoms. The van der Waals surface area contributed by atoms with Gasteiger partial charge in [0, 0.05) is 44.0 Å². The summed E-state index contributed by atoms with van der Waals surface area (Å²) >= 11 is 0. The molecular weight excluding hydrogens is 529 g/mol. The molecule has 1 aromatic rings. The van der Waals surface area contributed by atoms with E-state index in [9.17, 15) is 9.59 Å². The third-order valence-electron chi connectivity index (χ3n) is 11.8. The maximum absolute atomic E-state index is 14.6. The SMILES string of the molecule is CC1(C)CCN([C@H]2C[C@@H](N3C(=O)C4(CCN(C(=O)[C@H]5CCOC5)CC4)c4ccc(B5OC(C)(C)C(C)(C)O5)cc43)C2)C1. The zero-order valence-corrected chi connectivity index (χ0v) is 26.4. The molecular formula is C33H48BN3O5. The Morgan fingerprint density at radius 2 is 1.62 bits per heavy atom. The van der Waals surface area contributed by atoms with E-state index >= 15 is 0 Å². The molecule has 4 saturated heterocycles. The summed E-state index contributed by atoms with van der Waals surface area (Å²) in [6, 6.07) is 7.18. The highest BCUT2D eigenvalue weighted by Crippen LogP contribution is 2.51. The van der Waals surface area contributed by atoms with E-state index in [-0.39, 0.29) is 23.8 Å². The summed E-state index contributed by atoms with van der Waals surface area (Å²) in [6.45, 7) is 17.7. The number of carbonyl (C=O) groups excluding carboxylic acids is 2. The number of nitrogens with zero attached hydrogens (tertiary/aromatic N) is 3. The minimum atomic E-state index is -0.576. The van der Waals surface area contributed by atoms with Crippen LogP contribution in [0, 0.1) is 11.3 Å². The molecule has 5 heterocycles. The van der Waals surface area contributed by atoms with Gasteiger partial charge in [-0.15, -0.1) is 0 Å². The molecule has 2 amide bonds. The Hall–Kier alpha value is -1.94. The maximum atomic E-state index is 14.6. The number of hydrogen-bond acceptors (Lipinski definition) is 6. The van der Waals surface area contributed by atoms with Crippen molar-refractivity contribution in [2.24, 2.45) is 11.3 Å². The van der Waals surface area contributed by atoms with Gasteiger partial charge in [0.05, 0.1) is 29.1 Å². The summed E-state index contributed by atoms with van der Waals surface area (Å²) in [5.41, 5.74) is 2.06. The summed E-state index contributed by atoms with van der Waals surface area (Å²) in [7, 11) is -0.470. The third kappa shape index (κ3) is 4.48. The van der Waals surface area contributed by atoms with Crippen LogP contribution in [-0.2, 0) is 29.0 Å². The van der Waals surface area contributed by atoms with E-state index in [0.717, 1.165) is 49.1 Å². The summed E-state index contributed by atoms with van der Waals surface area (Å²) < 4.78 is 18.3. The van der Waals surface area contributed by atoms with Crippen LogP contribution in [0.1, 0.15) is 85.6 Å². The van der Waals surface area contributed by atoms with Crippen LogP contribution in [0.15, 0.2) is 18.2 Å². The Balaban J connectivity index is 1.16. The van der Waals surface area contributed by atoms with Crippen LogP contribution < -0.4 is 10.4 Å². The van der Waals surface area contributed by atoms with Gasteiger partial charge in [-0.1, -0.05) is 26.0 Å². The fraction of sp³-hybridized carbons (Fsp3) is 0.758. The predicted molar refractivity (Wildman–Crippen MR) is 163 cm³/mol. The minimum absolute atomic E-state index is 0.0351.